The Morgan fingerprint density at radius 1 is 1.52 bits per heavy atom. The van der Waals surface area contributed by atoms with Gasteiger partial charge in [0.2, 0.25) is 0 Å². The normalized spacial score (nSPS) is 11.0. The molecule has 0 bridgehead atoms. The highest BCUT2D eigenvalue weighted by atomic mass is 35.5. The van der Waals surface area contributed by atoms with Crippen molar-refractivity contribution in [3.63, 3.8) is 0 Å². The van der Waals surface area contributed by atoms with Gasteiger partial charge in [-0.15, -0.1) is 11.3 Å². The maximum Gasteiger partial charge on any atom is 0.328 e. The molecule has 21 heavy (non-hydrogen) atoms. The van der Waals surface area contributed by atoms with Gasteiger partial charge in [0, 0.05) is 24.2 Å². The molecule has 0 unspecified atom stereocenters. The van der Waals surface area contributed by atoms with Crippen LogP contribution in [0.25, 0.3) is 6.08 Å². The van der Waals surface area contributed by atoms with Gasteiger partial charge < -0.3 is 15.0 Å². The first-order chi connectivity index (χ1) is 9.97. The first-order valence-corrected chi connectivity index (χ1v) is 7.30. The molecule has 0 saturated heterocycles. The van der Waals surface area contributed by atoms with Crippen LogP contribution in [0, 0.1) is 0 Å². The molecule has 0 atom stereocenters. The van der Waals surface area contributed by atoms with Crippen molar-refractivity contribution in [3.05, 3.63) is 50.9 Å². The van der Waals surface area contributed by atoms with E-state index in [0.717, 1.165) is 16.5 Å². The molecule has 0 fully saturated rings. The number of halogens is 1. The highest BCUT2D eigenvalue weighted by Gasteiger charge is 2.11. The average molecular weight is 325 g/mol. The van der Waals surface area contributed by atoms with Gasteiger partial charge >= 0.3 is 5.97 Å². The predicted molar refractivity (Wildman–Crippen MR) is 82.6 cm³/mol. The standard InChI is InChI=1S/C14H13ClN2O3S/c1-17-8-10(15)6-11(17)14(20)16-7-12-9(4-5-21-12)2-3-13(18)19/h2-6,8H,7H2,1H3,(H,16,20)(H,18,19)/b3-2+. The third kappa shape index (κ3) is 3.96. The zero-order valence-electron chi connectivity index (χ0n) is 11.2. The highest BCUT2D eigenvalue weighted by Crippen LogP contribution is 2.19. The summed E-state index contributed by atoms with van der Waals surface area (Å²) in [6.45, 7) is 0.332. The molecule has 0 aliphatic heterocycles. The van der Waals surface area contributed by atoms with Crippen LogP contribution in [-0.4, -0.2) is 21.6 Å². The van der Waals surface area contributed by atoms with Gasteiger partial charge in [0.1, 0.15) is 5.69 Å². The smallest absolute Gasteiger partial charge is 0.328 e. The van der Waals surface area contributed by atoms with E-state index < -0.39 is 5.97 Å². The minimum Gasteiger partial charge on any atom is -0.478 e. The van der Waals surface area contributed by atoms with E-state index >= 15 is 0 Å². The van der Waals surface area contributed by atoms with E-state index in [9.17, 15) is 9.59 Å². The van der Waals surface area contributed by atoms with Gasteiger partial charge in [-0.1, -0.05) is 11.6 Å². The molecule has 5 nitrogen and oxygen atoms in total. The number of rotatable bonds is 5. The second-order valence-corrected chi connectivity index (χ2v) is 5.74. The topological polar surface area (TPSA) is 71.3 Å². The van der Waals surface area contributed by atoms with Crippen molar-refractivity contribution < 1.29 is 14.7 Å². The molecule has 1 amide bonds. The van der Waals surface area contributed by atoms with E-state index in [1.165, 1.54) is 17.4 Å². The van der Waals surface area contributed by atoms with Gasteiger partial charge in [0.15, 0.2) is 0 Å². The first-order valence-electron chi connectivity index (χ1n) is 6.05. The van der Waals surface area contributed by atoms with E-state index in [4.69, 9.17) is 16.7 Å². The summed E-state index contributed by atoms with van der Waals surface area (Å²) in [5.41, 5.74) is 1.26. The van der Waals surface area contributed by atoms with Crippen LogP contribution in [0.4, 0.5) is 0 Å². The lowest BCUT2D eigenvalue weighted by Gasteiger charge is -2.05. The number of thiophene rings is 1. The van der Waals surface area contributed by atoms with E-state index in [1.54, 1.807) is 23.9 Å². The summed E-state index contributed by atoms with van der Waals surface area (Å²) in [5, 5.41) is 13.8. The monoisotopic (exact) mass is 324 g/mol. The molecule has 2 heterocycles. The summed E-state index contributed by atoms with van der Waals surface area (Å²) in [6.07, 6.45) is 4.24. The number of aromatic nitrogens is 1. The molecule has 0 saturated carbocycles. The van der Waals surface area contributed by atoms with E-state index in [2.05, 4.69) is 5.32 Å². The molecule has 0 spiro atoms. The summed E-state index contributed by atoms with van der Waals surface area (Å²) >= 11 is 7.30. The Balaban J connectivity index is 2.04. The minimum atomic E-state index is -1.00. The number of aryl methyl sites for hydroxylation is 1. The van der Waals surface area contributed by atoms with Crippen molar-refractivity contribution in [2.75, 3.05) is 0 Å². The summed E-state index contributed by atoms with van der Waals surface area (Å²) < 4.78 is 1.65. The molecule has 2 rings (SSSR count). The Kier molecular flexibility index (Phi) is 4.82. The summed E-state index contributed by atoms with van der Waals surface area (Å²) in [5.74, 6) is -1.24. The van der Waals surface area contributed by atoms with Crippen LogP contribution in [-0.2, 0) is 18.4 Å². The number of amides is 1. The van der Waals surface area contributed by atoms with Crippen molar-refractivity contribution in [3.8, 4) is 0 Å². The molecule has 0 aromatic carbocycles. The maximum atomic E-state index is 12.1. The van der Waals surface area contributed by atoms with E-state index in [0.29, 0.717) is 17.3 Å². The summed E-state index contributed by atoms with van der Waals surface area (Å²) in [7, 11) is 1.74. The molecular weight excluding hydrogens is 312 g/mol. The molecule has 0 aliphatic rings. The molecule has 0 radical (unpaired) electrons. The molecule has 7 heteroatoms. The lowest BCUT2D eigenvalue weighted by molar-refractivity contribution is -0.131. The number of hydrogen-bond donors (Lipinski definition) is 2. The number of carboxylic acids is 1. The third-order valence-corrected chi connectivity index (χ3v) is 3.94. The van der Waals surface area contributed by atoms with Gasteiger partial charge in [-0.3, -0.25) is 4.79 Å². The SMILES string of the molecule is Cn1cc(Cl)cc1C(=O)NCc1sccc1/C=C/C(=O)O. The zero-order valence-corrected chi connectivity index (χ0v) is 12.7. The van der Waals surface area contributed by atoms with Crippen molar-refractivity contribution in [2.24, 2.45) is 7.05 Å². The number of carbonyl (C=O) groups excluding carboxylic acids is 1. The Labute approximate surface area is 130 Å². The fraction of sp³-hybridized carbons (Fsp3) is 0.143. The Morgan fingerprint density at radius 3 is 2.90 bits per heavy atom. The molecular formula is C14H13ClN2O3S. The van der Waals surface area contributed by atoms with Crippen LogP contribution in [0.5, 0.6) is 0 Å². The van der Waals surface area contributed by atoms with Crippen LogP contribution in [0.2, 0.25) is 5.02 Å². The van der Waals surface area contributed by atoms with Gasteiger partial charge in [0.25, 0.3) is 5.91 Å². The lowest BCUT2D eigenvalue weighted by atomic mass is 10.2. The molecule has 2 aromatic rings. The molecule has 2 aromatic heterocycles. The zero-order chi connectivity index (χ0) is 15.4. The van der Waals surface area contributed by atoms with Crippen LogP contribution in [0.15, 0.2) is 29.8 Å². The number of carbonyl (C=O) groups is 2. The highest BCUT2D eigenvalue weighted by molar-refractivity contribution is 7.10. The predicted octanol–water partition coefficient (Wildman–Crippen LogP) is 2.77. The van der Waals surface area contributed by atoms with Crippen LogP contribution >= 0.6 is 22.9 Å². The minimum absolute atomic E-state index is 0.231. The van der Waals surface area contributed by atoms with Crippen molar-refractivity contribution >= 4 is 40.9 Å². The second kappa shape index (κ2) is 6.60. The van der Waals surface area contributed by atoms with E-state index in [-0.39, 0.29) is 5.91 Å². The summed E-state index contributed by atoms with van der Waals surface area (Å²) in [4.78, 5) is 23.5. The van der Waals surface area contributed by atoms with E-state index in [1.807, 2.05) is 11.4 Å². The van der Waals surface area contributed by atoms with Gasteiger partial charge in [-0.25, -0.2) is 4.79 Å². The van der Waals surface area contributed by atoms with Gasteiger partial charge in [-0.2, -0.15) is 0 Å². The average Bonchev–Trinajstić information content (AvgIpc) is 2.99. The van der Waals surface area contributed by atoms with Crippen LogP contribution in [0.1, 0.15) is 20.9 Å². The van der Waals surface area contributed by atoms with Crippen molar-refractivity contribution in [2.45, 2.75) is 6.54 Å². The Morgan fingerprint density at radius 2 is 2.29 bits per heavy atom. The number of aliphatic carboxylic acids is 1. The number of nitrogens with zero attached hydrogens (tertiary/aromatic N) is 1. The van der Waals surface area contributed by atoms with Crippen molar-refractivity contribution in [1.29, 1.82) is 0 Å². The first kappa shape index (κ1) is 15.3. The fourth-order valence-corrected chi connectivity index (χ4v) is 2.86. The molecule has 0 aliphatic carbocycles. The summed E-state index contributed by atoms with van der Waals surface area (Å²) in [6, 6.07) is 3.40. The quantitative estimate of drug-likeness (QED) is 0.831. The maximum absolute atomic E-state index is 12.1. The number of nitrogens with one attached hydrogen (secondary N) is 1. The van der Waals surface area contributed by atoms with Gasteiger partial charge in [-0.05, 0) is 29.2 Å². The molecule has 110 valence electrons. The second-order valence-electron chi connectivity index (χ2n) is 4.31. The van der Waals surface area contributed by atoms with Crippen LogP contribution < -0.4 is 5.32 Å². The third-order valence-electron chi connectivity index (χ3n) is 2.80. The number of carboxylic acid groups (broad SMARTS) is 1. The Hall–Kier alpha value is -2.05. The van der Waals surface area contributed by atoms with Gasteiger partial charge in [0.05, 0.1) is 11.6 Å². The van der Waals surface area contributed by atoms with Crippen LogP contribution in [0.3, 0.4) is 0 Å². The molecule has 2 N–H and O–H groups in total. The Bertz CT molecular complexity index is 703. The van der Waals surface area contributed by atoms with Crippen molar-refractivity contribution in [1.82, 2.24) is 9.88 Å². The lowest BCUT2D eigenvalue weighted by Crippen LogP contribution is -2.24. The fourth-order valence-electron chi connectivity index (χ4n) is 1.80. The largest absolute Gasteiger partial charge is 0.478 e. The number of hydrogen-bond acceptors (Lipinski definition) is 3.